The molecule has 0 saturated heterocycles. The molecule has 0 spiro atoms. The molecule has 0 aromatic carbocycles. The number of amides is 3. The van der Waals surface area contributed by atoms with Crippen LogP contribution in [0.25, 0.3) is 0 Å². The molecule has 3 amide bonds. The molecule has 9 heteroatoms. The summed E-state index contributed by atoms with van der Waals surface area (Å²) in [6.07, 6.45) is 5.20. The van der Waals surface area contributed by atoms with E-state index in [0.717, 1.165) is 30.3 Å². The molecule has 1 aromatic rings. The highest BCUT2D eigenvalue weighted by Gasteiger charge is 2.25. The van der Waals surface area contributed by atoms with Gasteiger partial charge in [-0.2, -0.15) is 5.26 Å². The maximum absolute atomic E-state index is 12.5. The molecule has 1 aliphatic heterocycles. The third kappa shape index (κ3) is 3.79. The van der Waals surface area contributed by atoms with E-state index in [1.165, 1.54) is 4.57 Å². The lowest BCUT2D eigenvalue weighted by Gasteiger charge is -2.29. The number of urea groups is 1. The zero-order chi connectivity index (χ0) is 19.6. The van der Waals surface area contributed by atoms with E-state index in [1.54, 1.807) is 0 Å². The molecule has 1 aliphatic carbocycles. The lowest BCUT2D eigenvalue weighted by molar-refractivity contribution is -0.120. The van der Waals surface area contributed by atoms with Gasteiger partial charge in [-0.1, -0.05) is 19.8 Å². The molecule has 3 rings (SSSR count). The van der Waals surface area contributed by atoms with Gasteiger partial charge in [0.15, 0.2) is 0 Å². The Hall–Kier alpha value is -2.89. The first-order valence-corrected chi connectivity index (χ1v) is 9.29. The summed E-state index contributed by atoms with van der Waals surface area (Å²) < 4.78 is 2.08. The molecule has 144 valence electrons. The van der Waals surface area contributed by atoms with Crippen LogP contribution in [-0.2, 0) is 24.3 Å². The number of nitriles is 1. The fraction of sp³-hybridized carbons (Fsp3) is 0.611. The van der Waals surface area contributed by atoms with Crippen LogP contribution in [0.15, 0.2) is 9.59 Å². The number of nitrogens with one attached hydrogen (secondary N) is 2. The van der Waals surface area contributed by atoms with Crippen LogP contribution in [0.5, 0.6) is 0 Å². The molecule has 1 aromatic heterocycles. The van der Waals surface area contributed by atoms with Crippen molar-refractivity contribution >= 4 is 11.9 Å². The molecular formula is C18H23N5O4. The van der Waals surface area contributed by atoms with Gasteiger partial charge in [-0.25, -0.2) is 14.2 Å². The average molecular weight is 373 g/mol. The third-order valence-corrected chi connectivity index (χ3v) is 5.42. The first kappa shape index (κ1) is 18.9. The van der Waals surface area contributed by atoms with E-state index in [-0.39, 0.29) is 11.6 Å². The largest absolute Gasteiger partial charge is 0.335 e. The van der Waals surface area contributed by atoms with Gasteiger partial charge in [0.1, 0.15) is 18.2 Å². The van der Waals surface area contributed by atoms with Crippen molar-refractivity contribution in [1.82, 2.24) is 19.8 Å². The summed E-state index contributed by atoms with van der Waals surface area (Å²) in [4.78, 5) is 49.1. The quantitative estimate of drug-likeness (QED) is 0.784. The number of imide groups is 1. The van der Waals surface area contributed by atoms with Crippen molar-refractivity contribution < 1.29 is 9.59 Å². The molecule has 2 aliphatic rings. The molecule has 1 fully saturated rings. The van der Waals surface area contributed by atoms with E-state index in [2.05, 4.69) is 17.6 Å². The molecule has 27 heavy (non-hydrogen) atoms. The van der Waals surface area contributed by atoms with Gasteiger partial charge < -0.3 is 5.32 Å². The van der Waals surface area contributed by atoms with Crippen LogP contribution in [0.1, 0.15) is 50.3 Å². The molecule has 0 unspecified atom stereocenters. The molecule has 2 atom stereocenters. The molecule has 9 nitrogen and oxygen atoms in total. The first-order chi connectivity index (χ1) is 12.9. The maximum Gasteiger partial charge on any atom is 0.331 e. The number of carbonyl (C=O) groups is 2. The van der Waals surface area contributed by atoms with Gasteiger partial charge in [-0.15, -0.1) is 0 Å². The van der Waals surface area contributed by atoms with Crippen molar-refractivity contribution in [2.24, 2.45) is 5.92 Å². The molecule has 1 saturated carbocycles. The van der Waals surface area contributed by atoms with Crippen molar-refractivity contribution in [2.45, 2.75) is 64.6 Å². The second kappa shape index (κ2) is 7.78. The second-order valence-corrected chi connectivity index (χ2v) is 7.25. The molecule has 0 radical (unpaired) electrons. The first-order valence-electron chi connectivity index (χ1n) is 9.29. The van der Waals surface area contributed by atoms with Crippen molar-refractivity contribution in [1.29, 1.82) is 5.26 Å². The smallest absolute Gasteiger partial charge is 0.331 e. The SMILES string of the molecule is C[C@H]1CCCC[C@H]1NC(=O)NC(=O)Cn1c(=O)c(C#N)c2n(c1=O)CCC2. The monoisotopic (exact) mass is 373 g/mol. The molecular weight excluding hydrogens is 350 g/mol. The summed E-state index contributed by atoms with van der Waals surface area (Å²) in [6, 6.07) is 1.21. The average Bonchev–Trinajstić information content (AvgIpc) is 3.10. The standard InChI is InChI=1S/C18H23N5O4/c1-11-5-2-3-6-13(11)20-17(26)21-15(24)10-23-16(25)12(9-19)14-7-4-8-22(14)18(23)27/h11,13H,2-8,10H2,1H3,(H2,20,21,24,26)/t11-,13+/m0/s1. The predicted molar refractivity (Wildman–Crippen MR) is 96.1 cm³/mol. The summed E-state index contributed by atoms with van der Waals surface area (Å²) >= 11 is 0. The van der Waals surface area contributed by atoms with Gasteiger partial charge in [-0.05, 0) is 31.6 Å². The zero-order valence-electron chi connectivity index (χ0n) is 15.3. The number of aromatic nitrogens is 2. The fourth-order valence-electron chi connectivity index (χ4n) is 3.93. The van der Waals surface area contributed by atoms with Crippen LogP contribution in [0, 0.1) is 17.2 Å². The Morgan fingerprint density at radius 3 is 2.67 bits per heavy atom. The van der Waals surface area contributed by atoms with Gasteiger partial charge in [0.25, 0.3) is 5.56 Å². The van der Waals surface area contributed by atoms with Crippen LogP contribution >= 0.6 is 0 Å². The number of carbonyl (C=O) groups excluding carboxylic acids is 2. The Labute approximate surface area is 156 Å². The van der Waals surface area contributed by atoms with Gasteiger partial charge in [0.05, 0.1) is 0 Å². The van der Waals surface area contributed by atoms with Gasteiger partial charge in [0.2, 0.25) is 5.91 Å². The minimum absolute atomic E-state index is 0.00471. The van der Waals surface area contributed by atoms with E-state index in [0.29, 0.717) is 31.0 Å². The van der Waals surface area contributed by atoms with E-state index in [4.69, 9.17) is 0 Å². The van der Waals surface area contributed by atoms with Crippen LogP contribution in [0.4, 0.5) is 4.79 Å². The van der Waals surface area contributed by atoms with Crippen molar-refractivity contribution in [3.63, 3.8) is 0 Å². The molecule has 2 heterocycles. The molecule has 2 N–H and O–H groups in total. The summed E-state index contributed by atoms with van der Waals surface area (Å²) in [5.74, 6) is -0.431. The lowest BCUT2D eigenvalue weighted by Crippen LogP contribution is -2.50. The Morgan fingerprint density at radius 1 is 1.22 bits per heavy atom. The lowest BCUT2D eigenvalue weighted by atomic mass is 9.86. The highest BCUT2D eigenvalue weighted by molar-refractivity contribution is 5.94. The highest BCUT2D eigenvalue weighted by atomic mass is 16.2. The second-order valence-electron chi connectivity index (χ2n) is 7.25. The van der Waals surface area contributed by atoms with Crippen LogP contribution in [0.2, 0.25) is 0 Å². The predicted octanol–water partition coefficient (Wildman–Crippen LogP) is 0.232. The Balaban J connectivity index is 1.71. The van der Waals surface area contributed by atoms with E-state index < -0.39 is 29.7 Å². The topological polar surface area (TPSA) is 126 Å². The number of fused-ring (bicyclic) bond motifs is 1. The van der Waals surface area contributed by atoms with Crippen LogP contribution in [-0.4, -0.2) is 27.1 Å². The van der Waals surface area contributed by atoms with Gasteiger partial charge in [-0.3, -0.25) is 19.5 Å². The van der Waals surface area contributed by atoms with Gasteiger partial charge >= 0.3 is 11.7 Å². The summed E-state index contributed by atoms with van der Waals surface area (Å²) in [5, 5.41) is 14.2. The van der Waals surface area contributed by atoms with Crippen LogP contribution < -0.4 is 21.9 Å². The van der Waals surface area contributed by atoms with Gasteiger partial charge in [0, 0.05) is 18.3 Å². The molecule has 0 bridgehead atoms. The van der Waals surface area contributed by atoms with Crippen molar-refractivity contribution in [3.8, 4) is 6.07 Å². The Bertz CT molecular complexity index is 923. The van der Waals surface area contributed by atoms with E-state index in [9.17, 15) is 24.4 Å². The number of rotatable bonds is 3. The minimum Gasteiger partial charge on any atom is -0.335 e. The normalized spacial score (nSPS) is 21.2. The summed E-state index contributed by atoms with van der Waals surface area (Å²) in [7, 11) is 0. The van der Waals surface area contributed by atoms with E-state index >= 15 is 0 Å². The highest BCUT2D eigenvalue weighted by Crippen LogP contribution is 2.23. The van der Waals surface area contributed by atoms with Crippen LogP contribution in [0.3, 0.4) is 0 Å². The summed E-state index contributed by atoms with van der Waals surface area (Å²) in [5.41, 5.74) is -1.09. The number of nitrogens with zero attached hydrogens (tertiary/aromatic N) is 3. The Morgan fingerprint density at radius 2 is 1.96 bits per heavy atom. The number of hydrogen-bond acceptors (Lipinski definition) is 5. The Kier molecular flexibility index (Phi) is 5.44. The van der Waals surface area contributed by atoms with Crippen molar-refractivity contribution in [3.05, 3.63) is 32.1 Å². The maximum atomic E-state index is 12.5. The summed E-state index contributed by atoms with van der Waals surface area (Å²) in [6.45, 7) is 1.87. The fourth-order valence-corrected chi connectivity index (χ4v) is 3.93. The van der Waals surface area contributed by atoms with E-state index in [1.807, 2.05) is 6.07 Å². The number of hydrogen-bond donors (Lipinski definition) is 2. The zero-order valence-corrected chi connectivity index (χ0v) is 15.3. The third-order valence-electron chi connectivity index (χ3n) is 5.42. The minimum atomic E-state index is -0.785. The van der Waals surface area contributed by atoms with Crippen molar-refractivity contribution in [2.75, 3.05) is 0 Å².